The van der Waals surface area contributed by atoms with Crippen LogP contribution in [0.4, 0.5) is 17.1 Å². The summed E-state index contributed by atoms with van der Waals surface area (Å²) in [4.78, 5) is 0. The van der Waals surface area contributed by atoms with E-state index < -0.39 is 0 Å². The van der Waals surface area contributed by atoms with Crippen LogP contribution < -0.4 is 21.9 Å². The zero-order valence-electron chi connectivity index (χ0n) is 13.6. The van der Waals surface area contributed by atoms with E-state index in [2.05, 4.69) is 0 Å². The molecule has 0 bridgehead atoms. The molecule has 0 atom stereocenters. The molecule has 4 nitrogen and oxygen atoms in total. The van der Waals surface area contributed by atoms with E-state index in [4.69, 9.17) is 21.9 Å². The third-order valence-corrected chi connectivity index (χ3v) is 3.97. The van der Waals surface area contributed by atoms with Crippen LogP contribution in [-0.2, 0) is 0 Å². The van der Waals surface area contributed by atoms with Crippen LogP contribution in [0.3, 0.4) is 0 Å². The molecule has 0 saturated carbocycles. The molecule has 0 spiro atoms. The lowest BCUT2D eigenvalue weighted by Gasteiger charge is -2.21. The van der Waals surface area contributed by atoms with Gasteiger partial charge in [0.05, 0.1) is 0 Å². The second-order valence-electron chi connectivity index (χ2n) is 5.85. The van der Waals surface area contributed by atoms with Crippen LogP contribution >= 0.6 is 0 Å². The lowest BCUT2D eigenvalue weighted by atomic mass is 10.0. The lowest BCUT2D eigenvalue weighted by Crippen LogP contribution is -2.10. The highest BCUT2D eigenvalue weighted by Gasteiger charge is 2.16. The van der Waals surface area contributed by atoms with Gasteiger partial charge >= 0.3 is 0 Å². The molecule has 0 heterocycles. The van der Waals surface area contributed by atoms with Crippen LogP contribution in [0.15, 0.2) is 66.7 Å². The lowest BCUT2D eigenvalue weighted by molar-refractivity contribution is 0.247. The van der Waals surface area contributed by atoms with Gasteiger partial charge in [-0.15, -0.1) is 0 Å². The van der Waals surface area contributed by atoms with Gasteiger partial charge < -0.3 is 21.9 Å². The molecule has 0 aliphatic heterocycles. The Morgan fingerprint density at radius 1 is 0.708 bits per heavy atom. The standard InChI is InChI=1S/C20H21N3O/c1-13-12-18(10-11-19(13)23)24-20(14-2-6-16(21)7-3-14)15-4-8-17(22)9-5-15/h2-12,20H,21-23H2,1H3. The molecule has 4 heteroatoms. The van der Waals surface area contributed by atoms with Crippen molar-refractivity contribution in [3.63, 3.8) is 0 Å². The van der Waals surface area contributed by atoms with Crippen molar-refractivity contribution in [3.8, 4) is 5.75 Å². The molecule has 3 aromatic carbocycles. The monoisotopic (exact) mass is 319 g/mol. The number of aryl methyl sites for hydroxylation is 1. The quantitative estimate of drug-likeness (QED) is 0.636. The van der Waals surface area contributed by atoms with Gasteiger partial charge in [-0.1, -0.05) is 24.3 Å². The van der Waals surface area contributed by atoms with Crippen molar-refractivity contribution in [1.82, 2.24) is 0 Å². The number of nitrogen functional groups attached to an aromatic ring is 3. The molecule has 0 radical (unpaired) electrons. The Kier molecular flexibility index (Phi) is 4.29. The second-order valence-corrected chi connectivity index (χ2v) is 5.85. The maximum absolute atomic E-state index is 6.26. The van der Waals surface area contributed by atoms with Crippen molar-refractivity contribution in [3.05, 3.63) is 83.4 Å². The first-order valence-electron chi connectivity index (χ1n) is 7.76. The van der Waals surface area contributed by atoms with Gasteiger partial charge in [0.2, 0.25) is 0 Å². The number of hydrogen-bond donors (Lipinski definition) is 3. The average molecular weight is 319 g/mol. The first-order valence-corrected chi connectivity index (χ1v) is 7.76. The number of nitrogens with two attached hydrogens (primary N) is 3. The van der Waals surface area contributed by atoms with Gasteiger partial charge in [0, 0.05) is 17.1 Å². The highest BCUT2D eigenvalue weighted by atomic mass is 16.5. The second kappa shape index (κ2) is 6.54. The minimum absolute atomic E-state index is 0.255. The van der Waals surface area contributed by atoms with E-state index in [9.17, 15) is 0 Å². The number of rotatable bonds is 4. The first-order chi connectivity index (χ1) is 11.5. The minimum atomic E-state index is -0.255. The van der Waals surface area contributed by atoms with Crippen LogP contribution in [0.5, 0.6) is 5.75 Å². The predicted octanol–water partition coefficient (Wildman–Crippen LogP) is 3.91. The fraction of sp³-hybridized carbons (Fsp3) is 0.100. The van der Waals surface area contributed by atoms with Crippen LogP contribution in [-0.4, -0.2) is 0 Å². The van der Waals surface area contributed by atoms with Crippen LogP contribution in [0.25, 0.3) is 0 Å². The summed E-state index contributed by atoms with van der Waals surface area (Å²) < 4.78 is 6.26. The minimum Gasteiger partial charge on any atom is -0.481 e. The molecule has 0 aliphatic carbocycles. The summed E-state index contributed by atoms with van der Waals surface area (Å²) >= 11 is 0. The molecule has 0 aliphatic rings. The average Bonchev–Trinajstić information content (AvgIpc) is 2.58. The Balaban J connectivity index is 1.99. The molecule has 0 saturated heterocycles. The summed E-state index contributed by atoms with van der Waals surface area (Å²) in [5.41, 5.74) is 22.7. The molecule has 0 aromatic heterocycles. The van der Waals surface area contributed by atoms with Gasteiger partial charge in [0.25, 0.3) is 0 Å². The molecule has 6 N–H and O–H groups in total. The zero-order chi connectivity index (χ0) is 17.1. The van der Waals surface area contributed by atoms with Gasteiger partial charge in [0.1, 0.15) is 11.9 Å². The fourth-order valence-electron chi connectivity index (χ4n) is 2.53. The summed E-state index contributed by atoms with van der Waals surface area (Å²) in [6, 6.07) is 21.1. The van der Waals surface area contributed by atoms with Crippen LogP contribution in [0.1, 0.15) is 22.8 Å². The molecular formula is C20H21N3O. The summed E-state index contributed by atoms with van der Waals surface area (Å²) in [6.45, 7) is 1.96. The Labute approximate surface area is 141 Å². The van der Waals surface area contributed by atoms with Gasteiger partial charge in [-0.25, -0.2) is 0 Å². The van der Waals surface area contributed by atoms with Crippen LogP contribution in [0.2, 0.25) is 0 Å². The molecule has 24 heavy (non-hydrogen) atoms. The topological polar surface area (TPSA) is 87.3 Å². The van der Waals surface area contributed by atoms with Crippen molar-refractivity contribution in [2.45, 2.75) is 13.0 Å². The first kappa shape index (κ1) is 15.7. The zero-order valence-corrected chi connectivity index (χ0v) is 13.6. The normalized spacial score (nSPS) is 10.8. The molecule has 0 amide bonds. The maximum atomic E-state index is 6.26. The van der Waals surface area contributed by atoms with E-state index in [-0.39, 0.29) is 6.10 Å². The number of anilines is 3. The maximum Gasteiger partial charge on any atom is 0.149 e. The van der Waals surface area contributed by atoms with E-state index >= 15 is 0 Å². The van der Waals surface area contributed by atoms with Gasteiger partial charge in [-0.3, -0.25) is 0 Å². The number of ether oxygens (including phenoxy) is 1. The Bertz CT molecular complexity index is 781. The summed E-state index contributed by atoms with van der Waals surface area (Å²) in [6.07, 6.45) is -0.255. The summed E-state index contributed by atoms with van der Waals surface area (Å²) in [5, 5.41) is 0. The predicted molar refractivity (Wildman–Crippen MR) is 99.8 cm³/mol. The van der Waals surface area contributed by atoms with Crippen molar-refractivity contribution in [2.75, 3.05) is 17.2 Å². The van der Waals surface area contributed by atoms with E-state index in [1.807, 2.05) is 73.7 Å². The summed E-state index contributed by atoms with van der Waals surface area (Å²) in [7, 11) is 0. The molecule has 3 rings (SSSR count). The highest BCUT2D eigenvalue weighted by Crippen LogP contribution is 2.30. The number of hydrogen-bond acceptors (Lipinski definition) is 4. The Morgan fingerprint density at radius 2 is 1.21 bits per heavy atom. The van der Waals surface area contributed by atoms with Gasteiger partial charge in [-0.2, -0.15) is 0 Å². The molecule has 0 fully saturated rings. The largest absolute Gasteiger partial charge is 0.481 e. The molecule has 3 aromatic rings. The van der Waals surface area contributed by atoms with Gasteiger partial charge in [0.15, 0.2) is 0 Å². The molecule has 122 valence electrons. The Morgan fingerprint density at radius 3 is 1.67 bits per heavy atom. The van der Waals surface area contributed by atoms with Crippen molar-refractivity contribution in [1.29, 1.82) is 0 Å². The SMILES string of the molecule is Cc1cc(OC(c2ccc(N)cc2)c2ccc(N)cc2)ccc1N. The van der Waals surface area contributed by atoms with E-state index in [1.165, 1.54) is 0 Å². The van der Waals surface area contributed by atoms with Crippen LogP contribution in [0, 0.1) is 6.92 Å². The van der Waals surface area contributed by atoms with E-state index in [0.29, 0.717) is 0 Å². The van der Waals surface area contributed by atoms with Crippen molar-refractivity contribution < 1.29 is 4.74 Å². The third kappa shape index (κ3) is 3.43. The smallest absolute Gasteiger partial charge is 0.149 e. The third-order valence-electron chi connectivity index (χ3n) is 3.97. The molecule has 0 unspecified atom stereocenters. The molecular weight excluding hydrogens is 298 g/mol. The van der Waals surface area contributed by atoms with E-state index in [0.717, 1.165) is 39.5 Å². The Hall–Kier alpha value is -3.14. The van der Waals surface area contributed by atoms with Gasteiger partial charge in [-0.05, 0) is 66.1 Å². The van der Waals surface area contributed by atoms with E-state index in [1.54, 1.807) is 0 Å². The summed E-state index contributed by atoms with van der Waals surface area (Å²) in [5.74, 6) is 0.764. The van der Waals surface area contributed by atoms with Crippen molar-refractivity contribution >= 4 is 17.1 Å². The highest BCUT2D eigenvalue weighted by molar-refractivity contribution is 5.50. The number of benzene rings is 3. The van der Waals surface area contributed by atoms with Crippen molar-refractivity contribution in [2.24, 2.45) is 0 Å². The fourth-order valence-corrected chi connectivity index (χ4v) is 2.53.